The van der Waals surface area contributed by atoms with E-state index in [1.165, 1.54) is 25.7 Å². The predicted octanol–water partition coefficient (Wildman–Crippen LogP) is 2.71. The monoisotopic (exact) mass is 246 g/mol. The standard InChI is InChI=1S/C15H22N2O/c1-11-5-4-7-13(9-11)17-14-8-3-2-6-12(14)10-15(16)18/h2-3,6,8,11,13,17H,4-5,7,9-10H2,1H3,(H2,16,18). The number of nitrogens with one attached hydrogen (secondary N) is 1. The van der Waals surface area contributed by atoms with Crippen LogP contribution in [0.2, 0.25) is 0 Å². The van der Waals surface area contributed by atoms with Gasteiger partial charge in [0.15, 0.2) is 0 Å². The molecule has 0 saturated heterocycles. The third kappa shape index (κ3) is 3.49. The second kappa shape index (κ2) is 5.89. The van der Waals surface area contributed by atoms with Crippen molar-refractivity contribution < 1.29 is 4.79 Å². The van der Waals surface area contributed by atoms with Crippen molar-refractivity contribution in [3.05, 3.63) is 29.8 Å². The lowest BCUT2D eigenvalue weighted by atomic mass is 9.87. The molecule has 0 bridgehead atoms. The van der Waals surface area contributed by atoms with E-state index >= 15 is 0 Å². The molecule has 1 saturated carbocycles. The van der Waals surface area contributed by atoms with E-state index in [9.17, 15) is 4.79 Å². The molecule has 1 amide bonds. The van der Waals surface area contributed by atoms with Crippen LogP contribution in [0.4, 0.5) is 5.69 Å². The predicted molar refractivity (Wildman–Crippen MR) is 74.4 cm³/mol. The number of para-hydroxylation sites is 1. The molecule has 0 heterocycles. The molecule has 1 aliphatic rings. The van der Waals surface area contributed by atoms with Gasteiger partial charge in [0.1, 0.15) is 0 Å². The molecule has 3 N–H and O–H groups in total. The average Bonchev–Trinajstić information content (AvgIpc) is 2.31. The van der Waals surface area contributed by atoms with Gasteiger partial charge < -0.3 is 11.1 Å². The van der Waals surface area contributed by atoms with Crippen LogP contribution < -0.4 is 11.1 Å². The van der Waals surface area contributed by atoms with Crippen molar-refractivity contribution in [1.82, 2.24) is 0 Å². The summed E-state index contributed by atoms with van der Waals surface area (Å²) in [6, 6.07) is 8.49. The molecule has 0 aliphatic heterocycles. The first-order valence-corrected chi connectivity index (χ1v) is 6.78. The zero-order chi connectivity index (χ0) is 13.0. The Labute approximate surface area is 109 Å². The summed E-state index contributed by atoms with van der Waals surface area (Å²) in [5, 5.41) is 3.58. The fourth-order valence-corrected chi connectivity index (χ4v) is 2.79. The Bertz CT molecular complexity index is 417. The van der Waals surface area contributed by atoms with Gasteiger partial charge in [-0.1, -0.05) is 38.0 Å². The Morgan fingerprint density at radius 2 is 2.17 bits per heavy atom. The number of nitrogens with two attached hydrogens (primary N) is 1. The van der Waals surface area contributed by atoms with Crippen LogP contribution in [0.1, 0.15) is 38.2 Å². The first-order valence-electron chi connectivity index (χ1n) is 6.78. The van der Waals surface area contributed by atoms with Crippen LogP contribution >= 0.6 is 0 Å². The molecule has 2 atom stereocenters. The molecule has 1 aliphatic carbocycles. The number of hydrogen-bond donors (Lipinski definition) is 2. The zero-order valence-corrected chi connectivity index (χ0v) is 11.0. The Morgan fingerprint density at radius 3 is 2.89 bits per heavy atom. The molecule has 3 nitrogen and oxygen atoms in total. The first kappa shape index (κ1) is 12.9. The Hall–Kier alpha value is -1.51. The number of rotatable bonds is 4. The molecule has 0 aromatic heterocycles. The minimum atomic E-state index is -0.277. The topological polar surface area (TPSA) is 55.1 Å². The van der Waals surface area contributed by atoms with Crippen LogP contribution in [0.5, 0.6) is 0 Å². The third-order valence-electron chi connectivity index (χ3n) is 3.68. The SMILES string of the molecule is CC1CCCC(Nc2ccccc2CC(N)=O)C1. The van der Waals surface area contributed by atoms with Gasteiger partial charge >= 0.3 is 0 Å². The third-order valence-corrected chi connectivity index (χ3v) is 3.68. The summed E-state index contributed by atoms with van der Waals surface area (Å²) in [6.07, 6.45) is 5.36. The molecular weight excluding hydrogens is 224 g/mol. The Balaban J connectivity index is 2.05. The van der Waals surface area contributed by atoms with E-state index in [-0.39, 0.29) is 5.91 Å². The highest BCUT2D eigenvalue weighted by atomic mass is 16.1. The first-order chi connectivity index (χ1) is 8.65. The van der Waals surface area contributed by atoms with Gasteiger partial charge in [0, 0.05) is 11.7 Å². The molecule has 2 rings (SSSR count). The van der Waals surface area contributed by atoms with Crippen LogP contribution in [0.15, 0.2) is 24.3 Å². The number of carbonyl (C=O) groups excluding carboxylic acids is 1. The van der Waals surface area contributed by atoms with E-state index in [0.717, 1.165) is 17.2 Å². The molecule has 0 spiro atoms. The van der Waals surface area contributed by atoms with Crippen molar-refractivity contribution in [3.63, 3.8) is 0 Å². The highest BCUT2D eigenvalue weighted by Gasteiger charge is 2.19. The molecule has 98 valence electrons. The van der Waals surface area contributed by atoms with E-state index in [0.29, 0.717) is 12.5 Å². The summed E-state index contributed by atoms with van der Waals surface area (Å²) < 4.78 is 0. The largest absolute Gasteiger partial charge is 0.382 e. The van der Waals surface area contributed by atoms with Crippen LogP contribution in [0, 0.1) is 5.92 Å². The molecule has 2 unspecified atom stereocenters. The maximum atomic E-state index is 11.1. The van der Waals surface area contributed by atoms with Crippen molar-refractivity contribution in [1.29, 1.82) is 0 Å². The highest BCUT2D eigenvalue weighted by Crippen LogP contribution is 2.27. The average molecular weight is 246 g/mol. The molecule has 0 radical (unpaired) electrons. The quantitative estimate of drug-likeness (QED) is 0.858. The number of benzene rings is 1. The number of carbonyl (C=O) groups is 1. The second-order valence-electron chi connectivity index (χ2n) is 5.41. The van der Waals surface area contributed by atoms with Crippen LogP contribution in [-0.2, 0) is 11.2 Å². The molecule has 18 heavy (non-hydrogen) atoms. The molecule has 1 fully saturated rings. The van der Waals surface area contributed by atoms with Crippen LogP contribution in [-0.4, -0.2) is 11.9 Å². The lowest BCUT2D eigenvalue weighted by molar-refractivity contribution is -0.117. The fourth-order valence-electron chi connectivity index (χ4n) is 2.79. The molecule has 1 aromatic rings. The van der Waals surface area contributed by atoms with Gasteiger partial charge in [0.2, 0.25) is 5.91 Å². The van der Waals surface area contributed by atoms with Crippen LogP contribution in [0.25, 0.3) is 0 Å². The minimum absolute atomic E-state index is 0.277. The van der Waals surface area contributed by atoms with Crippen LogP contribution in [0.3, 0.4) is 0 Å². The van der Waals surface area contributed by atoms with Gasteiger partial charge in [-0.15, -0.1) is 0 Å². The number of hydrogen-bond acceptors (Lipinski definition) is 2. The summed E-state index contributed by atoms with van der Waals surface area (Å²) in [7, 11) is 0. The molecule has 3 heteroatoms. The lowest BCUT2D eigenvalue weighted by Gasteiger charge is -2.29. The summed E-state index contributed by atoms with van der Waals surface area (Å²) in [5.74, 6) is 0.515. The van der Waals surface area contributed by atoms with Crippen molar-refractivity contribution in [2.75, 3.05) is 5.32 Å². The maximum absolute atomic E-state index is 11.1. The summed E-state index contributed by atoms with van der Waals surface area (Å²) in [6.45, 7) is 2.31. The van der Waals surface area contributed by atoms with Crippen molar-refractivity contribution in [2.45, 2.75) is 45.1 Å². The molecular formula is C15H22N2O. The van der Waals surface area contributed by atoms with Gasteiger partial charge in [-0.2, -0.15) is 0 Å². The van der Waals surface area contributed by atoms with Gasteiger partial charge in [-0.05, 0) is 30.4 Å². The lowest BCUT2D eigenvalue weighted by Crippen LogP contribution is -2.27. The smallest absolute Gasteiger partial charge is 0.221 e. The van der Waals surface area contributed by atoms with E-state index in [2.05, 4.69) is 12.2 Å². The highest BCUT2D eigenvalue weighted by molar-refractivity contribution is 5.78. The summed E-state index contributed by atoms with van der Waals surface area (Å²) >= 11 is 0. The van der Waals surface area contributed by atoms with E-state index in [1.807, 2.05) is 24.3 Å². The van der Waals surface area contributed by atoms with Gasteiger partial charge in [-0.25, -0.2) is 0 Å². The van der Waals surface area contributed by atoms with Gasteiger partial charge in [0.25, 0.3) is 0 Å². The maximum Gasteiger partial charge on any atom is 0.221 e. The summed E-state index contributed by atoms with van der Waals surface area (Å²) in [5.41, 5.74) is 7.35. The van der Waals surface area contributed by atoms with E-state index in [1.54, 1.807) is 0 Å². The normalized spacial score (nSPS) is 23.6. The van der Waals surface area contributed by atoms with Crippen molar-refractivity contribution in [3.8, 4) is 0 Å². The number of amides is 1. The summed E-state index contributed by atoms with van der Waals surface area (Å²) in [4.78, 5) is 11.1. The van der Waals surface area contributed by atoms with Gasteiger partial charge in [0.05, 0.1) is 6.42 Å². The minimum Gasteiger partial charge on any atom is -0.382 e. The number of anilines is 1. The van der Waals surface area contributed by atoms with Gasteiger partial charge in [-0.3, -0.25) is 4.79 Å². The fraction of sp³-hybridized carbons (Fsp3) is 0.533. The Morgan fingerprint density at radius 1 is 1.39 bits per heavy atom. The van der Waals surface area contributed by atoms with Crippen molar-refractivity contribution >= 4 is 11.6 Å². The van der Waals surface area contributed by atoms with Crippen molar-refractivity contribution in [2.24, 2.45) is 11.7 Å². The second-order valence-corrected chi connectivity index (χ2v) is 5.41. The zero-order valence-electron chi connectivity index (χ0n) is 11.0. The Kier molecular flexibility index (Phi) is 4.24. The van der Waals surface area contributed by atoms with E-state index < -0.39 is 0 Å². The molecule has 1 aromatic carbocycles. The van der Waals surface area contributed by atoms with E-state index in [4.69, 9.17) is 5.73 Å². The number of primary amides is 1.